The van der Waals surface area contributed by atoms with Crippen molar-refractivity contribution in [3.8, 4) is 0 Å². The van der Waals surface area contributed by atoms with Gasteiger partial charge in [0, 0.05) is 49.9 Å². The largest absolute Gasteiger partial charge is 0.357 e. The van der Waals surface area contributed by atoms with Crippen molar-refractivity contribution in [3.63, 3.8) is 0 Å². The second kappa shape index (κ2) is 11.1. The summed E-state index contributed by atoms with van der Waals surface area (Å²) in [6.45, 7) is 7.06. The van der Waals surface area contributed by atoms with E-state index in [1.54, 1.807) is 11.3 Å². The number of carbonyl (C=O) groups excluding carboxylic acids is 1. The van der Waals surface area contributed by atoms with Gasteiger partial charge >= 0.3 is 0 Å². The predicted octanol–water partition coefficient (Wildman–Crippen LogP) is 4.10. The molecule has 4 rings (SSSR count). The van der Waals surface area contributed by atoms with E-state index in [-0.39, 0.29) is 29.9 Å². The molecule has 1 fully saturated rings. The van der Waals surface area contributed by atoms with Crippen molar-refractivity contribution in [3.05, 3.63) is 57.8 Å². The minimum Gasteiger partial charge on any atom is -0.357 e. The number of hydrogen-bond donors (Lipinski definition) is 1. The van der Waals surface area contributed by atoms with E-state index >= 15 is 0 Å². The van der Waals surface area contributed by atoms with E-state index in [4.69, 9.17) is 4.99 Å². The molecule has 3 heterocycles. The number of hydrogen-bond acceptors (Lipinski definition) is 3. The molecule has 2 aliphatic heterocycles. The lowest BCUT2D eigenvalue weighted by molar-refractivity contribution is -0.131. The average molecular weight is 538 g/mol. The number of benzene rings is 1. The topological polar surface area (TPSA) is 47.9 Å². The molecule has 1 saturated heterocycles. The zero-order valence-corrected chi connectivity index (χ0v) is 20.7. The molecule has 1 N–H and O–H groups in total. The molecule has 0 radical (unpaired) electrons. The third-order valence-electron chi connectivity index (χ3n) is 5.84. The number of fused-ring (bicyclic) bond motifs is 1. The summed E-state index contributed by atoms with van der Waals surface area (Å²) in [5.74, 6) is 1.71. The average Bonchev–Trinajstić information content (AvgIpc) is 3.43. The predicted molar refractivity (Wildman–Crippen MR) is 135 cm³/mol. The number of nitrogens with zero attached hydrogens (tertiary/aromatic N) is 3. The molecule has 1 atom stereocenters. The molecule has 1 amide bonds. The van der Waals surface area contributed by atoms with Gasteiger partial charge in [-0.3, -0.25) is 9.79 Å². The quantitative estimate of drug-likeness (QED) is 0.355. The number of thiophene rings is 1. The Morgan fingerprint density at radius 3 is 2.83 bits per heavy atom. The second-order valence-electron chi connectivity index (χ2n) is 7.76. The third kappa shape index (κ3) is 5.55. The van der Waals surface area contributed by atoms with E-state index in [0.29, 0.717) is 18.9 Å². The Labute approximate surface area is 200 Å². The van der Waals surface area contributed by atoms with Gasteiger partial charge in [0.15, 0.2) is 5.96 Å². The number of carbonyl (C=O) groups is 1. The van der Waals surface area contributed by atoms with Crippen LogP contribution in [0, 0.1) is 0 Å². The fourth-order valence-corrected chi connectivity index (χ4v) is 5.14. The van der Waals surface area contributed by atoms with E-state index < -0.39 is 0 Å². The number of likely N-dealkylation sites (tertiary alicyclic amines) is 1. The Balaban J connectivity index is 0.00000256. The maximum Gasteiger partial charge on any atom is 0.224 e. The highest BCUT2D eigenvalue weighted by atomic mass is 127. The van der Waals surface area contributed by atoms with Gasteiger partial charge in [0.05, 0.1) is 6.54 Å². The first-order chi connectivity index (χ1) is 14.2. The van der Waals surface area contributed by atoms with Gasteiger partial charge in [-0.15, -0.1) is 35.3 Å². The monoisotopic (exact) mass is 538 g/mol. The van der Waals surface area contributed by atoms with Crippen LogP contribution >= 0.6 is 35.3 Å². The Morgan fingerprint density at radius 2 is 2.03 bits per heavy atom. The smallest absolute Gasteiger partial charge is 0.224 e. The highest BCUT2D eigenvalue weighted by molar-refractivity contribution is 14.0. The molecule has 7 heteroatoms. The van der Waals surface area contributed by atoms with Gasteiger partial charge in [0.1, 0.15) is 0 Å². The summed E-state index contributed by atoms with van der Waals surface area (Å²) in [7, 11) is 0. The van der Waals surface area contributed by atoms with Crippen LogP contribution in [0.15, 0.2) is 46.8 Å². The number of guanidine groups is 1. The standard InChI is InChI=1S/C23H30N4OS.HI/c1-2-24-23(27-13-9-19(16-27)18-6-4-3-5-7-18)25-12-8-22(28)26-14-10-21-20(17-26)11-15-29-21;/h3-7,11,15,19H,2,8-10,12-14,16-17H2,1H3,(H,24,25);1H. The molecule has 0 bridgehead atoms. The maximum atomic E-state index is 12.7. The molecule has 1 aromatic carbocycles. The fraction of sp³-hybridized carbons (Fsp3) is 0.478. The van der Waals surface area contributed by atoms with E-state index in [1.165, 1.54) is 16.0 Å². The Hall–Kier alpha value is -1.61. The summed E-state index contributed by atoms with van der Waals surface area (Å²) in [6.07, 6.45) is 2.60. The highest BCUT2D eigenvalue weighted by Gasteiger charge is 2.26. The van der Waals surface area contributed by atoms with E-state index in [0.717, 1.165) is 51.5 Å². The molecular weight excluding hydrogens is 507 g/mol. The van der Waals surface area contributed by atoms with Gasteiger partial charge in [-0.05, 0) is 42.3 Å². The van der Waals surface area contributed by atoms with Crippen molar-refractivity contribution >= 4 is 47.2 Å². The lowest BCUT2D eigenvalue weighted by atomic mass is 9.99. The molecule has 2 aromatic rings. The van der Waals surface area contributed by atoms with Crippen LogP contribution in [0.1, 0.15) is 41.7 Å². The van der Waals surface area contributed by atoms with Crippen molar-refractivity contribution in [2.75, 3.05) is 32.7 Å². The highest BCUT2D eigenvalue weighted by Crippen LogP contribution is 2.27. The van der Waals surface area contributed by atoms with Crippen LogP contribution in [0.2, 0.25) is 0 Å². The molecule has 1 aromatic heterocycles. The zero-order chi connectivity index (χ0) is 20.1. The Kier molecular flexibility index (Phi) is 8.56. The molecule has 5 nitrogen and oxygen atoms in total. The first kappa shape index (κ1) is 23.1. The normalized spacial score (nSPS) is 18.7. The van der Waals surface area contributed by atoms with Crippen LogP contribution in [-0.2, 0) is 17.8 Å². The van der Waals surface area contributed by atoms with Crippen molar-refractivity contribution in [2.24, 2.45) is 4.99 Å². The molecule has 1 unspecified atom stereocenters. The molecule has 0 saturated carbocycles. The number of nitrogens with one attached hydrogen (secondary N) is 1. The number of aliphatic imine (C=N–C) groups is 1. The first-order valence-electron chi connectivity index (χ1n) is 10.7. The van der Waals surface area contributed by atoms with Crippen LogP contribution in [0.5, 0.6) is 0 Å². The van der Waals surface area contributed by atoms with Gasteiger partial charge in [-0.1, -0.05) is 30.3 Å². The fourth-order valence-electron chi connectivity index (χ4n) is 4.25. The summed E-state index contributed by atoms with van der Waals surface area (Å²) in [5, 5.41) is 5.54. The van der Waals surface area contributed by atoms with Crippen LogP contribution in [0.3, 0.4) is 0 Å². The molecular formula is C23H31IN4OS. The SMILES string of the molecule is CCNC(=NCCC(=O)N1CCc2sccc2C1)N1CCC(c2ccccc2)C1.I. The lowest BCUT2D eigenvalue weighted by Crippen LogP contribution is -2.40. The van der Waals surface area contributed by atoms with Crippen LogP contribution < -0.4 is 5.32 Å². The molecule has 2 aliphatic rings. The van der Waals surface area contributed by atoms with Crippen molar-refractivity contribution in [1.29, 1.82) is 0 Å². The van der Waals surface area contributed by atoms with Gasteiger partial charge in [0.2, 0.25) is 5.91 Å². The Bertz CT molecular complexity index is 854. The van der Waals surface area contributed by atoms with Crippen LogP contribution in [0.4, 0.5) is 0 Å². The summed E-state index contributed by atoms with van der Waals surface area (Å²) in [4.78, 5) is 23.2. The number of halogens is 1. The Morgan fingerprint density at radius 1 is 1.20 bits per heavy atom. The molecule has 30 heavy (non-hydrogen) atoms. The third-order valence-corrected chi connectivity index (χ3v) is 6.86. The van der Waals surface area contributed by atoms with Gasteiger partial charge in [0.25, 0.3) is 0 Å². The maximum absolute atomic E-state index is 12.7. The number of rotatable bonds is 5. The minimum atomic E-state index is 0. The summed E-state index contributed by atoms with van der Waals surface area (Å²) in [5.41, 5.74) is 2.72. The molecule has 0 spiro atoms. The van der Waals surface area contributed by atoms with Crippen molar-refractivity contribution in [1.82, 2.24) is 15.1 Å². The summed E-state index contributed by atoms with van der Waals surface area (Å²) >= 11 is 1.81. The van der Waals surface area contributed by atoms with E-state index in [9.17, 15) is 4.79 Å². The minimum absolute atomic E-state index is 0. The van der Waals surface area contributed by atoms with Gasteiger partial charge in [-0.2, -0.15) is 0 Å². The van der Waals surface area contributed by atoms with Gasteiger partial charge < -0.3 is 15.1 Å². The molecule has 162 valence electrons. The van der Waals surface area contributed by atoms with Crippen LogP contribution in [-0.4, -0.2) is 54.4 Å². The summed E-state index contributed by atoms with van der Waals surface area (Å²) < 4.78 is 0. The summed E-state index contributed by atoms with van der Waals surface area (Å²) in [6, 6.07) is 12.9. The van der Waals surface area contributed by atoms with E-state index in [2.05, 4.69) is 58.9 Å². The molecule has 0 aliphatic carbocycles. The van der Waals surface area contributed by atoms with Gasteiger partial charge in [-0.25, -0.2) is 0 Å². The zero-order valence-electron chi connectivity index (χ0n) is 17.5. The second-order valence-corrected chi connectivity index (χ2v) is 8.76. The lowest BCUT2D eigenvalue weighted by Gasteiger charge is -2.27. The number of amides is 1. The van der Waals surface area contributed by atoms with E-state index in [1.807, 2.05) is 4.90 Å². The van der Waals surface area contributed by atoms with Crippen LogP contribution in [0.25, 0.3) is 0 Å². The van der Waals surface area contributed by atoms with Crippen molar-refractivity contribution < 1.29 is 4.79 Å². The first-order valence-corrected chi connectivity index (χ1v) is 11.5. The van der Waals surface area contributed by atoms with Crippen molar-refractivity contribution in [2.45, 2.75) is 38.6 Å².